The second-order valence-electron chi connectivity index (χ2n) is 7.49. The average molecular weight is 473 g/mol. The molecule has 0 saturated heterocycles. The maximum Gasteiger partial charge on any atom is 0.262 e. The summed E-state index contributed by atoms with van der Waals surface area (Å²) in [4.78, 5) is 12.3. The molecule has 8 heteroatoms. The summed E-state index contributed by atoms with van der Waals surface area (Å²) >= 11 is 5.91. The molecule has 32 heavy (non-hydrogen) atoms. The van der Waals surface area contributed by atoms with Crippen molar-refractivity contribution in [1.82, 2.24) is 0 Å². The highest BCUT2D eigenvalue weighted by Gasteiger charge is 2.18. The van der Waals surface area contributed by atoms with Gasteiger partial charge in [0.05, 0.1) is 18.5 Å². The van der Waals surface area contributed by atoms with E-state index in [-0.39, 0.29) is 19.1 Å². The van der Waals surface area contributed by atoms with Crippen LogP contribution < -0.4 is 14.4 Å². The number of benzene rings is 3. The Morgan fingerprint density at radius 2 is 1.56 bits per heavy atom. The zero-order chi connectivity index (χ0) is 23.3. The van der Waals surface area contributed by atoms with Gasteiger partial charge in [-0.2, -0.15) is 0 Å². The fraction of sp³-hybridized carbons (Fsp3) is 0.208. The molecule has 0 fully saturated rings. The molecule has 0 saturated carbocycles. The number of amides is 1. The van der Waals surface area contributed by atoms with Crippen molar-refractivity contribution in [2.45, 2.75) is 20.4 Å². The number of hydrogen-bond acceptors (Lipinski definition) is 4. The molecule has 3 aromatic carbocycles. The minimum Gasteiger partial charge on any atom is -0.484 e. The van der Waals surface area contributed by atoms with Crippen molar-refractivity contribution in [1.29, 1.82) is 0 Å². The minimum absolute atomic E-state index is 0.159. The molecule has 0 radical (unpaired) electrons. The van der Waals surface area contributed by atoms with Gasteiger partial charge in [-0.15, -0.1) is 0 Å². The molecular formula is C24H25ClN2O4S. The maximum atomic E-state index is 12.3. The van der Waals surface area contributed by atoms with Crippen LogP contribution in [0.15, 0.2) is 66.7 Å². The zero-order valence-electron chi connectivity index (χ0n) is 18.1. The van der Waals surface area contributed by atoms with Gasteiger partial charge in [-0.1, -0.05) is 41.9 Å². The summed E-state index contributed by atoms with van der Waals surface area (Å²) in [5, 5.41) is 3.45. The second kappa shape index (κ2) is 10.1. The fourth-order valence-electron chi connectivity index (χ4n) is 3.20. The molecule has 0 heterocycles. The largest absolute Gasteiger partial charge is 0.484 e. The first-order valence-corrected chi connectivity index (χ1v) is 12.2. The number of aryl methyl sites for hydroxylation is 2. The number of halogens is 1. The topological polar surface area (TPSA) is 75.7 Å². The van der Waals surface area contributed by atoms with Crippen LogP contribution in [0.25, 0.3) is 0 Å². The quantitative estimate of drug-likeness (QED) is 0.503. The Morgan fingerprint density at radius 3 is 2.12 bits per heavy atom. The smallest absolute Gasteiger partial charge is 0.262 e. The van der Waals surface area contributed by atoms with Crippen molar-refractivity contribution in [3.05, 3.63) is 88.4 Å². The number of nitrogens with one attached hydrogen (secondary N) is 1. The van der Waals surface area contributed by atoms with Crippen molar-refractivity contribution >= 4 is 38.9 Å². The van der Waals surface area contributed by atoms with Crippen LogP contribution in [0.1, 0.15) is 16.7 Å². The van der Waals surface area contributed by atoms with Crippen molar-refractivity contribution in [3.63, 3.8) is 0 Å². The third kappa shape index (κ3) is 6.24. The van der Waals surface area contributed by atoms with Gasteiger partial charge >= 0.3 is 0 Å². The molecule has 6 nitrogen and oxygen atoms in total. The molecule has 0 unspecified atom stereocenters. The number of nitrogens with zero attached hydrogens (tertiary/aromatic N) is 1. The predicted octanol–water partition coefficient (Wildman–Crippen LogP) is 4.94. The first-order valence-electron chi connectivity index (χ1n) is 9.94. The normalized spacial score (nSPS) is 11.1. The van der Waals surface area contributed by atoms with Gasteiger partial charge in [0.15, 0.2) is 6.61 Å². The summed E-state index contributed by atoms with van der Waals surface area (Å²) in [7, 11) is -3.51. The standard InChI is InChI=1S/C24H25ClN2O4S/c1-17-5-4-6-18(2)24(17)26-23(28)16-31-22-13-11-21(12-14-22)27(32(3,29)30)15-19-7-9-20(25)10-8-19/h4-14H,15-16H2,1-3H3,(H,26,28). The first-order chi connectivity index (χ1) is 15.1. The van der Waals surface area contributed by atoms with Crippen LogP contribution in [0.3, 0.4) is 0 Å². The van der Waals surface area contributed by atoms with Gasteiger partial charge in [0.1, 0.15) is 5.75 Å². The molecular weight excluding hydrogens is 448 g/mol. The van der Waals surface area contributed by atoms with Gasteiger partial charge in [0.25, 0.3) is 5.91 Å². The third-order valence-corrected chi connectivity index (χ3v) is 6.27. The van der Waals surface area contributed by atoms with E-state index < -0.39 is 10.0 Å². The van der Waals surface area contributed by atoms with Crippen LogP contribution in [0.4, 0.5) is 11.4 Å². The Bertz CT molecular complexity index is 1170. The van der Waals surface area contributed by atoms with E-state index >= 15 is 0 Å². The average Bonchev–Trinajstić information content (AvgIpc) is 2.74. The fourth-order valence-corrected chi connectivity index (χ4v) is 4.21. The first kappa shape index (κ1) is 23.6. The van der Waals surface area contributed by atoms with Crippen molar-refractivity contribution in [3.8, 4) is 5.75 Å². The van der Waals surface area contributed by atoms with Crippen molar-refractivity contribution in [2.24, 2.45) is 0 Å². The molecule has 0 spiro atoms. The molecule has 1 amide bonds. The number of anilines is 2. The lowest BCUT2D eigenvalue weighted by Gasteiger charge is -2.23. The summed E-state index contributed by atoms with van der Waals surface area (Å²) in [5.74, 6) is 0.192. The lowest BCUT2D eigenvalue weighted by atomic mass is 10.1. The highest BCUT2D eigenvalue weighted by atomic mass is 35.5. The lowest BCUT2D eigenvalue weighted by molar-refractivity contribution is -0.118. The van der Waals surface area contributed by atoms with Gasteiger partial charge in [-0.3, -0.25) is 9.10 Å². The summed E-state index contributed by atoms with van der Waals surface area (Å²) in [6, 6.07) is 19.4. The summed E-state index contributed by atoms with van der Waals surface area (Å²) < 4.78 is 31.6. The minimum atomic E-state index is -3.51. The Labute approximate surface area is 193 Å². The van der Waals surface area contributed by atoms with Crippen LogP contribution >= 0.6 is 11.6 Å². The maximum absolute atomic E-state index is 12.3. The van der Waals surface area contributed by atoms with E-state index in [1.165, 1.54) is 4.31 Å². The van der Waals surface area contributed by atoms with Crippen LogP contribution in [0.2, 0.25) is 5.02 Å². The Balaban J connectivity index is 1.66. The number of ether oxygens (including phenoxy) is 1. The molecule has 0 aliphatic rings. The molecule has 168 valence electrons. The van der Waals surface area contributed by atoms with Gasteiger partial charge < -0.3 is 10.1 Å². The van der Waals surface area contributed by atoms with E-state index in [1.54, 1.807) is 48.5 Å². The molecule has 0 aliphatic heterocycles. The van der Waals surface area contributed by atoms with E-state index in [9.17, 15) is 13.2 Å². The van der Waals surface area contributed by atoms with E-state index in [2.05, 4.69) is 5.32 Å². The number of sulfonamides is 1. The zero-order valence-corrected chi connectivity index (χ0v) is 19.7. The highest BCUT2D eigenvalue weighted by molar-refractivity contribution is 7.92. The molecule has 0 aromatic heterocycles. The number of para-hydroxylation sites is 1. The molecule has 1 N–H and O–H groups in total. The van der Waals surface area contributed by atoms with E-state index in [1.807, 2.05) is 32.0 Å². The monoisotopic (exact) mass is 472 g/mol. The van der Waals surface area contributed by atoms with Crippen LogP contribution in [0, 0.1) is 13.8 Å². The molecule has 0 bridgehead atoms. The summed E-state index contributed by atoms with van der Waals surface area (Å²) in [6.07, 6.45) is 1.16. The molecule has 3 aromatic rings. The van der Waals surface area contributed by atoms with E-state index in [4.69, 9.17) is 16.3 Å². The third-order valence-electron chi connectivity index (χ3n) is 4.88. The number of hydrogen-bond donors (Lipinski definition) is 1. The van der Waals surface area contributed by atoms with Gasteiger partial charge in [-0.05, 0) is 66.9 Å². The summed E-state index contributed by atoms with van der Waals surface area (Å²) in [5.41, 5.74) is 4.04. The highest BCUT2D eigenvalue weighted by Crippen LogP contribution is 2.24. The molecule has 0 aliphatic carbocycles. The lowest BCUT2D eigenvalue weighted by Crippen LogP contribution is -2.29. The van der Waals surface area contributed by atoms with Crippen LogP contribution in [0.5, 0.6) is 5.75 Å². The van der Waals surface area contributed by atoms with Gasteiger partial charge in [-0.25, -0.2) is 8.42 Å². The Hall–Kier alpha value is -3.03. The van der Waals surface area contributed by atoms with E-state index in [0.717, 1.165) is 28.6 Å². The number of carbonyl (C=O) groups excluding carboxylic acids is 1. The Morgan fingerprint density at radius 1 is 0.969 bits per heavy atom. The predicted molar refractivity (Wildman–Crippen MR) is 129 cm³/mol. The van der Waals surface area contributed by atoms with Crippen LogP contribution in [-0.4, -0.2) is 27.2 Å². The Kier molecular flexibility index (Phi) is 7.43. The van der Waals surface area contributed by atoms with Crippen molar-refractivity contribution in [2.75, 3.05) is 22.5 Å². The second-order valence-corrected chi connectivity index (χ2v) is 9.84. The SMILES string of the molecule is Cc1cccc(C)c1NC(=O)COc1ccc(N(Cc2ccc(Cl)cc2)S(C)(=O)=O)cc1. The van der Waals surface area contributed by atoms with Crippen molar-refractivity contribution < 1.29 is 17.9 Å². The molecule has 0 atom stereocenters. The van der Waals surface area contributed by atoms with Gasteiger partial charge in [0.2, 0.25) is 10.0 Å². The molecule has 3 rings (SSSR count). The van der Waals surface area contributed by atoms with Crippen LogP contribution in [-0.2, 0) is 21.4 Å². The number of rotatable bonds is 8. The summed E-state index contributed by atoms with van der Waals surface area (Å²) in [6.45, 7) is 3.88. The number of carbonyl (C=O) groups is 1. The van der Waals surface area contributed by atoms with E-state index in [0.29, 0.717) is 16.5 Å². The van der Waals surface area contributed by atoms with Gasteiger partial charge in [0, 0.05) is 10.7 Å².